The molecule has 92 valence electrons. The lowest BCUT2D eigenvalue weighted by Crippen LogP contribution is -2.08. The molecule has 2 aromatic rings. The number of benzene rings is 1. The highest BCUT2D eigenvalue weighted by molar-refractivity contribution is 6.32. The summed E-state index contributed by atoms with van der Waals surface area (Å²) < 4.78 is 5.43. The van der Waals surface area contributed by atoms with Crippen molar-refractivity contribution < 1.29 is 4.42 Å². The van der Waals surface area contributed by atoms with Gasteiger partial charge < -0.3 is 9.73 Å². The zero-order chi connectivity index (χ0) is 13.1. The molecule has 0 bridgehead atoms. The number of nitrogens with zero attached hydrogens (tertiary/aromatic N) is 2. The van der Waals surface area contributed by atoms with Crippen LogP contribution >= 0.6 is 11.6 Å². The van der Waals surface area contributed by atoms with Gasteiger partial charge in [0, 0.05) is 0 Å². The van der Waals surface area contributed by atoms with Crippen LogP contribution < -0.4 is 5.32 Å². The van der Waals surface area contributed by atoms with E-state index in [1.807, 2.05) is 13.8 Å². The third-order valence-electron chi connectivity index (χ3n) is 2.51. The smallest absolute Gasteiger partial charge is 0.216 e. The molecule has 0 saturated carbocycles. The summed E-state index contributed by atoms with van der Waals surface area (Å²) in [6, 6.07) is 7.22. The lowest BCUT2D eigenvalue weighted by atomic mass is 10.1. The van der Waals surface area contributed by atoms with Gasteiger partial charge in [0.2, 0.25) is 5.89 Å². The largest absolute Gasteiger partial charge is 0.444 e. The van der Waals surface area contributed by atoms with E-state index in [9.17, 15) is 0 Å². The van der Waals surface area contributed by atoms with Gasteiger partial charge in [0.15, 0.2) is 0 Å². The molecule has 18 heavy (non-hydrogen) atoms. The Bertz CT molecular complexity index is 601. The van der Waals surface area contributed by atoms with Crippen LogP contribution in [0, 0.1) is 18.3 Å². The molecular formula is C13H12ClN3O. The Balaban J connectivity index is 2.25. The summed E-state index contributed by atoms with van der Waals surface area (Å²) in [6.45, 7) is 3.75. The maximum absolute atomic E-state index is 9.07. The van der Waals surface area contributed by atoms with Crippen LogP contribution in [0.4, 0.5) is 5.69 Å². The molecule has 4 nitrogen and oxygen atoms in total. The summed E-state index contributed by atoms with van der Waals surface area (Å²) in [4.78, 5) is 4.14. The maximum Gasteiger partial charge on any atom is 0.216 e. The summed E-state index contributed by atoms with van der Waals surface area (Å²) in [5, 5.41) is 12.7. The second-order valence-corrected chi connectivity index (χ2v) is 4.36. The van der Waals surface area contributed by atoms with Crippen LogP contribution in [0.1, 0.15) is 30.2 Å². The normalized spacial score (nSPS) is 11.9. The number of nitriles is 1. The predicted octanol–water partition coefficient (Wildman–Crippen LogP) is 3.68. The molecule has 1 unspecified atom stereocenters. The van der Waals surface area contributed by atoms with Crippen LogP contribution in [0.5, 0.6) is 0 Å². The van der Waals surface area contributed by atoms with E-state index in [4.69, 9.17) is 21.3 Å². The number of oxazole rings is 1. The summed E-state index contributed by atoms with van der Waals surface area (Å²) >= 11 is 5.96. The number of anilines is 1. The minimum atomic E-state index is -0.135. The summed E-state index contributed by atoms with van der Waals surface area (Å²) in [5.41, 5.74) is 1.10. The number of aryl methyl sites for hydroxylation is 1. The SMILES string of the molecule is Cc1cnc(C(C)Nc2cccc(Cl)c2C#N)o1. The molecule has 1 heterocycles. The van der Waals surface area contributed by atoms with Gasteiger partial charge in [-0.25, -0.2) is 4.98 Å². The molecule has 0 aliphatic carbocycles. The molecule has 1 atom stereocenters. The number of hydrogen-bond acceptors (Lipinski definition) is 4. The number of rotatable bonds is 3. The van der Waals surface area contributed by atoms with Gasteiger partial charge in [-0.2, -0.15) is 5.26 Å². The standard InChI is InChI=1S/C13H12ClN3O/c1-8-7-16-13(18-8)9(2)17-12-5-3-4-11(14)10(12)6-15/h3-5,7,9,17H,1-2H3. The van der Waals surface area contributed by atoms with Crippen LogP contribution in [0.25, 0.3) is 0 Å². The lowest BCUT2D eigenvalue weighted by molar-refractivity contribution is 0.453. The molecule has 0 saturated heterocycles. The van der Waals surface area contributed by atoms with Crippen LogP contribution in [-0.2, 0) is 0 Å². The van der Waals surface area contributed by atoms with Crippen LogP contribution in [0.3, 0.4) is 0 Å². The van der Waals surface area contributed by atoms with Crippen molar-refractivity contribution in [2.24, 2.45) is 0 Å². The molecule has 0 spiro atoms. The molecule has 0 aliphatic rings. The van der Waals surface area contributed by atoms with Crippen LogP contribution in [0.2, 0.25) is 5.02 Å². The van der Waals surface area contributed by atoms with E-state index in [0.29, 0.717) is 22.2 Å². The molecule has 0 radical (unpaired) electrons. The molecule has 2 rings (SSSR count). The van der Waals surface area contributed by atoms with Crippen molar-refractivity contribution in [3.05, 3.63) is 46.6 Å². The highest BCUT2D eigenvalue weighted by Crippen LogP contribution is 2.26. The van der Waals surface area contributed by atoms with Crippen LogP contribution in [0.15, 0.2) is 28.8 Å². The molecule has 1 aromatic heterocycles. The zero-order valence-electron chi connectivity index (χ0n) is 10.1. The Hall–Kier alpha value is -1.99. The number of aromatic nitrogens is 1. The van der Waals surface area contributed by atoms with E-state index < -0.39 is 0 Å². The van der Waals surface area contributed by atoms with Gasteiger partial charge in [0.1, 0.15) is 17.9 Å². The zero-order valence-corrected chi connectivity index (χ0v) is 10.8. The van der Waals surface area contributed by atoms with Crippen molar-refractivity contribution >= 4 is 17.3 Å². The van der Waals surface area contributed by atoms with E-state index in [1.54, 1.807) is 24.4 Å². The predicted molar refractivity (Wildman–Crippen MR) is 69.4 cm³/mol. The van der Waals surface area contributed by atoms with Crippen molar-refractivity contribution in [1.82, 2.24) is 4.98 Å². The Morgan fingerprint density at radius 1 is 1.50 bits per heavy atom. The highest BCUT2D eigenvalue weighted by Gasteiger charge is 2.14. The number of hydrogen-bond donors (Lipinski definition) is 1. The molecule has 0 aliphatic heterocycles. The van der Waals surface area contributed by atoms with Gasteiger partial charge >= 0.3 is 0 Å². The molecule has 0 amide bonds. The van der Waals surface area contributed by atoms with Crippen molar-refractivity contribution in [2.45, 2.75) is 19.9 Å². The summed E-state index contributed by atoms with van der Waals surface area (Å²) in [7, 11) is 0. The van der Waals surface area contributed by atoms with Gasteiger partial charge in [-0.15, -0.1) is 0 Å². The molecule has 1 N–H and O–H groups in total. The fourth-order valence-electron chi connectivity index (χ4n) is 1.63. The second kappa shape index (κ2) is 5.11. The summed E-state index contributed by atoms with van der Waals surface area (Å²) in [6.07, 6.45) is 1.66. The first-order chi connectivity index (χ1) is 8.61. The average molecular weight is 262 g/mol. The first kappa shape index (κ1) is 12.5. The van der Waals surface area contributed by atoms with Crippen molar-refractivity contribution in [3.63, 3.8) is 0 Å². The second-order valence-electron chi connectivity index (χ2n) is 3.95. The minimum Gasteiger partial charge on any atom is -0.444 e. The van der Waals surface area contributed by atoms with Crippen molar-refractivity contribution in [2.75, 3.05) is 5.32 Å². The van der Waals surface area contributed by atoms with Gasteiger partial charge in [-0.05, 0) is 26.0 Å². The van der Waals surface area contributed by atoms with Gasteiger partial charge in [-0.1, -0.05) is 17.7 Å². The lowest BCUT2D eigenvalue weighted by Gasteiger charge is -2.13. The first-order valence-corrected chi connectivity index (χ1v) is 5.87. The van der Waals surface area contributed by atoms with Crippen molar-refractivity contribution in [1.29, 1.82) is 5.26 Å². The van der Waals surface area contributed by atoms with Crippen molar-refractivity contribution in [3.8, 4) is 6.07 Å². The third-order valence-corrected chi connectivity index (χ3v) is 2.82. The van der Waals surface area contributed by atoms with E-state index in [2.05, 4.69) is 16.4 Å². The van der Waals surface area contributed by atoms with E-state index >= 15 is 0 Å². The molecule has 0 fully saturated rings. The topological polar surface area (TPSA) is 61.9 Å². The Morgan fingerprint density at radius 3 is 2.89 bits per heavy atom. The Kier molecular flexibility index (Phi) is 3.54. The monoisotopic (exact) mass is 261 g/mol. The molecule has 1 aromatic carbocycles. The number of nitrogens with one attached hydrogen (secondary N) is 1. The molecule has 5 heteroatoms. The summed E-state index contributed by atoms with van der Waals surface area (Å²) in [5.74, 6) is 1.33. The first-order valence-electron chi connectivity index (χ1n) is 5.49. The fraction of sp³-hybridized carbons (Fsp3) is 0.231. The molecular weight excluding hydrogens is 250 g/mol. The van der Waals surface area contributed by atoms with E-state index in [1.165, 1.54) is 0 Å². The number of halogens is 1. The minimum absolute atomic E-state index is 0.135. The fourth-order valence-corrected chi connectivity index (χ4v) is 1.84. The average Bonchev–Trinajstić information content (AvgIpc) is 2.76. The van der Waals surface area contributed by atoms with Crippen LogP contribution in [-0.4, -0.2) is 4.98 Å². The highest BCUT2D eigenvalue weighted by atomic mass is 35.5. The van der Waals surface area contributed by atoms with E-state index in [-0.39, 0.29) is 6.04 Å². The van der Waals surface area contributed by atoms with Gasteiger partial charge in [-0.3, -0.25) is 0 Å². The van der Waals surface area contributed by atoms with Gasteiger partial charge in [0.25, 0.3) is 0 Å². The quantitative estimate of drug-likeness (QED) is 0.915. The van der Waals surface area contributed by atoms with E-state index in [0.717, 1.165) is 5.76 Å². The Labute approximate surface area is 110 Å². The van der Waals surface area contributed by atoms with Gasteiger partial charge in [0.05, 0.1) is 22.5 Å². The third kappa shape index (κ3) is 2.47. The maximum atomic E-state index is 9.07. The Morgan fingerprint density at radius 2 is 2.28 bits per heavy atom.